The highest BCUT2D eigenvalue weighted by Crippen LogP contribution is 2.20. The van der Waals surface area contributed by atoms with Crippen molar-refractivity contribution in [3.63, 3.8) is 0 Å². The van der Waals surface area contributed by atoms with Gasteiger partial charge in [-0.05, 0) is 24.6 Å². The smallest absolute Gasteiger partial charge is 0.225 e. The van der Waals surface area contributed by atoms with E-state index in [0.717, 1.165) is 54.2 Å². The Morgan fingerprint density at radius 1 is 0.964 bits per heavy atom. The van der Waals surface area contributed by atoms with Crippen molar-refractivity contribution < 1.29 is 0 Å². The zero-order valence-corrected chi connectivity index (χ0v) is 16.5. The largest absolute Gasteiger partial charge is 0.353 e. The second-order valence-electron chi connectivity index (χ2n) is 6.66. The first kappa shape index (κ1) is 18.4. The third-order valence-corrected chi connectivity index (χ3v) is 5.04. The van der Waals surface area contributed by atoms with Gasteiger partial charge in [0.25, 0.3) is 0 Å². The Balaban J connectivity index is 1.42. The number of nitrogens with zero attached hydrogens (tertiary/aromatic N) is 6. The quantitative estimate of drug-likeness (QED) is 0.711. The first-order chi connectivity index (χ1) is 13.7. The SMILES string of the molecule is Cc1cc(N2CCN(c3ncccn3)CC2)nc(NCc2ccccc2Cl)n1. The predicted octanol–water partition coefficient (Wildman–Crippen LogP) is 3.17. The summed E-state index contributed by atoms with van der Waals surface area (Å²) in [7, 11) is 0. The Morgan fingerprint density at radius 2 is 1.68 bits per heavy atom. The molecule has 1 aromatic carbocycles. The lowest BCUT2D eigenvalue weighted by Gasteiger charge is -2.35. The van der Waals surface area contributed by atoms with E-state index in [4.69, 9.17) is 16.6 Å². The highest BCUT2D eigenvalue weighted by molar-refractivity contribution is 6.31. The summed E-state index contributed by atoms with van der Waals surface area (Å²) in [4.78, 5) is 22.4. The number of aryl methyl sites for hydroxylation is 1. The molecule has 3 aromatic rings. The maximum Gasteiger partial charge on any atom is 0.225 e. The van der Waals surface area contributed by atoms with Gasteiger partial charge in [-0.3, -0.25) is 0 Å². The Labute approximate surface area is 169 Å². The van der Waals surface area contributed by atoms with E-state index in [-0.39, 0.29) is 0 Å². The maximum atomic E-state index is 6.24. The molecule has 144 valence electrons. The zero-order valence-electron chi connectivity index (χ0n) is 15.7. The molecular weight excluding hydrogens is 374 g/mol. The van der Waals surface area contributed by atoms with E-state index in [1.54, 1.807) is 12.4 Å². The zero-order chi connectivity index (χ0) is 19.3. The third-order valence-electron chi connectivity index (χ3n) is 4.67. The monoisotopic (exact) mass is 395 g/mol. The van der Waals surface area contributed by atoms with Crippen LogP contribution in [0.5, 0.6) is 0 Å². The number of hydrogen-bond donors (Lipinski definition) is 1. The molecule has 0 amide bonds. The van der Waals surface area contributed by atoms with Crippen LogP contribution in [0.4, 0.5) is 17.7 Å². The topological polar surface area (TPSA) is 70.1 Å². The third kappa shape index (κ3) is 4.31. The molecule has 3 heterocycles. The second-order valence-corrected chi connectivity index (χ2v) is 7.07. The fourth-order valence-electron chi connectivity index (χ4n) is 3.20. The van der Waals surface area contributed by atoms with Gasteiger partial charge in [0.15, 0.2) is 0 Å². The summed E-state index contributed by atoms with van der Waals surface area (Å²) >= 11 is 6.24. The number of piperazine rings is 1. The van der Waals surface area contributed by atoms with Crippen LogP contribution in [0, 0.1) is 6.92 Å². The molecule has 0 radical (unpaired) electrons. The van der Waals surface area contributed by atoms with Gasteiger partial charge < -0.3 is 15.1 Å². The standard InChI is InChI=1S/C20H22ClN7/c1-15-13-18(26-19(25-15)24-14-16-5-2-3-6-17(16)21)27-9-11-28(12-10-27)20-22-7-4-8-23-20/h2-8,13H,9-12,14H2,1H3,(H,24,25,26). The molecule has 7 nitrogen and oxygen atoms in total. The molecule has 0 bridgehead atoms. The molecule has 0 saturated carbocycles. The first-order valence-electron chi connectivity index (χ1n) is 9.29. The van der Waals surface area contributed by atoms with Gasteiger partial charge in [0.2, 0.25) is 11.9 Å². The number of benzene rings is 1. The maximum absolute atomic E-state index is 6.24. The lowest BCUT2D eigenvalue weighted by Crippen LogP contribution is -2.47. The molecule has 1 fully saturated rings. The van der Waals surface area contributed by atoms with E-state index in [1.165, 1.54) is 0 Å². The number of anilines is 3. The van der Waals surface area contributed by atoms with Crippen molar-refractivity contribution in [2.45, 2.75) is 13.5 Å². The van der Waals surface area contributed by atoms with Crippen LogP contribution in [0.1, 0.15) is 11.3 Å². The molecule has 1 saturated heterocycles. The highest BCUT2D eigenvalue weighted by atomic mass is 35.5. The van der Waals surface area contributed by atoms with Crippen LogP contribution in [0.2, 0.25) is 5.02 Å². The summed E-state index contributed by atoms with van der Waals surface area (Å²) < 4.78 is 0. The van der Waals surface area contributed by atoms with Gasteiger partial charge in [-0.15, -0.1) is 0 Å². The number of aromatic nitrogens is 4. The Bertz CT molecular complexity index is 927. The van der Waals surface area contributed by atoms with Gasteiger partial charge in [-0.25, -0.2) is 15.0 Å². The molecule has 0 aliphatic carbocycles. The summed E-state index contributed by atoms with van der Waals surface area (Å²) in [5, 5.41) is 4.03. The fourth-order valence-corrected chi connectivity index (χ4v) is 3.40. The second kappa shape index (κ2) is 8.39. The molecule has 0 unspecified atom stereocenters. The minimum absolute atomic E-state index is 0.585. The van der Waals surface area contributed by atoms with Crippen molar-refractivity contribution >= 4 is 29.3 Å². The molecule has 28 heavy (non-hydrogen) atoms. The minimum atomic E-state index is 0.585. The normalized spacial score (nSPS) is 14.2. The summed E-state index contributed by atoms with van der Waals surface area (Å²) in [6.45, 7) is 6.00. The molecule has 4 rings (SSSR count). The van der Waals surface area contributed by atoms with Gasteiger partial charge in [0.05, 0.1) is 0 Å². The molecular formula is C20H22ClN7. The van der Waals surface area contributed by atoms with Crippen LogP contribution in [0.3, 0.4) is 0 Å². The van der Waals surface area contributed by atoms with Crippen molar-refractivity contribution in [1.82, 2.24) is 19.9 Å². The Kier molecular flexibility index (Phi) is 5.53. The van der Waals surface area contributed by atoms with E-state index < -0.39 is 0 Å². The average Bonchev–Trinajstić information content (AvgIpc) is 2.74. The Morgan fingerprint density at radius 3 is 2.43 bits per heavy atom. The summed E-state index contributed by atoms with van der Waals surface area (Å²) in [6, 6.07) is 11.6. The number of rotatable bonds is 5. The molecule has 8 heteroatoms. The van der Waals surface area contributed by atoms with Crippen LogP contribution in [0.15, 0.2) is 48.8 Å². The van der Waals surface area contributed by atoms with Gasteiger partial charge >= 0.3 is 0 Å². The summed E-state index contributed by atoms with van der Waals surface area (Å²) in [5.74, 6) is 2.33. The van der Waals surface area contributed by atoms with Crippen LogP contribution < -0.4 is 15.1 Å². The number of nitrogens with one attached hydrogen (secondary N) is 1. The van der Waals surface area contributed by atoms with Crippen LogP contribution in [-0.2, 0) is 6.54 Å². The van der Waals surface area contributed by atoms with Gasteiger partial charge in [0, 0.05) is 61.9 Å². The lowest BCUT2D eigenvalue weighted by molar-refractivity contribution is 0.634. The van der Waals surface area contributed by atoms with Crippen molar-refractivity contribution in [1.29, 1.82) is 0 Å². The minimum Gasteiger partial charge on any atom is -0.353 e. The summed E-state index contributed by atoms with van der Waals surface area (Å²) in [5.41, 5.74) is 1.95. The van der Waals surface area contributed by atoms with Crippen molar-refractivity contribution in [3.8, 4) is 0 Å². The molecule has 0 spiro atoms. The van der Waals surface area contributed by atoms with Crippen molar-refractivity contribution in [3.05, 3.63) is 65.1 Å². The van der Waals surface area contributed by atoms with Crippen LogP contribution in [-0.4, -0.2) is 46.1 Å². The number of hydrogen-bond acceptors (Lipinski definition) is 7. The average molecular weight is 396 g/mol. The van der Waals surface area contributed by atoms with Gasteiger partial charge in [0.1, 0.15) is 5.82 Å². The predicted molar refractivity (Wildman–Crippen MR) is 112 cm³/mol. The summed E-state index contributed by atoms with van der Waals surface area (Å²) in [6.07, 6.45) is 3.55. The van der Waals surface area contributed by atoms with Crippen LogP contribution in [0.25, 0.3) is 0 Å². The van der Waals surface area contributed by atoms with E-state index in [1.807, 2.05) is 43.3 Å². The highest BCUT2D eigenvalue weighted by Gasteiger charge is 2.20. The molecule has 1 aliphatic heterocycles. The molecule has 2 aromatic heterocycles. The molecule has 1 aliphatic rings. The first-order valence-corrected chi connectivity index (χ1v) is 9.67. The van der Waals surface area contributed by atoms with Gasteiger partial charge in [-0.1, -0.05) is 29.8 Å². The van der Waals surface area contributed by atoms with E-state index in [0.29, 0.717) is 12.5 Å². The molecule has 1 N–H and O–H groups in total. The number of halogens is 1. The fraction of sp³-hybridized carbons (Fsp3) is 0.300. The van der Waals surface area contributed by atoms with Crippen LogP contribution >= 0.6 is 11.6 Å². The van der Waals surface area contributed by atoms with Gasteiger partial charge in [-0.2, -0.15) is 4.98 Å². The van der Waals surface area contributed by atoms with E-state index in [9.17, 15) is 0 Å². The molecule has 0 atom stereocenters. The lowest BCUT2D eigenvalue weighted by atomic mass is 10.2. The van der Waals surface area contributed by atoms with Crippen molar-refractivity contribution in [2.24, 2.45) is 0 Å². The van der Waals surface area contributed by atoms with E-state index in [2.05, 4.69) is 30.1 Å². The van der Waals surface area contributed by atoms with E-state index >= 15 is 0 Å². The van der Waals surface area contributed by atoms with Crippen molar-refractivity contribution in [2.75, 3.05) is 41.3 Å². The Hall–Kier alpha value is -2.93.